The fourth-order valence-corrected chi connectivity index (χ4v) is 2.73. The molecule has 3 rings (SSSR count). The number of hydrogen-bond donors (Lipinski definition) is 0. The van der Waals surface area contributed by atoms with Crippen molar-refractivity contribution in [3.8, 4) is 0 Å². The molecule has 0 amide bonds. The zero-order chi connectivity index (χ0) is 11.7. The average Bonchev–Trinajstić information content (AvgIpc) is 2.83. The summed E-state index contributed by atoms with van der Waals surface area (Å²) in [5.74, 6) is 0. The summed E-state index contributed by atoms with van der Waals surface area (Å²) < 4.78 is 1.21. The second kappa shape index (κ2) is 4.14. The van der Waals surface area contributed by atoms with Crippen LogP contribution in [0.25, 0.3) is 10.2 Å². The number of hydrogen-bond acceptors (Lipinski definition) is 4. The van der Waals surface area contributed by atoms with E-state index in [0.717, 1.165) is 16.9 Å². The van der Waals surface area contributed by atoms with Crippen LogP contribution in [0.5, 0.6) is 0 Å². The largest absolute Gasteiger partial charge is 0.342 e. The van der Waals surface area contributed by atoms with Crippen molar-refractivity contribution in [2.75, 3.05) is 11.9 Å². The lowest BCUT2D eigenvalue weighted by atomic mass is 10.3. The molecule has 0 saturated heterocycles. The summed E-state index contributed by atoms with van der Waals surface area (Å²) in [5, 5.41) is 2.14. The fraction of sp³-hybridized carbons (Fsp3) is 0.0769. The Balaban J connectivity index is 2.10. The van der Waals surface area contributed by atoms with E-state index in [-0.39, 0.29) is 0 Å². The van der Waals surface area contributed by atoms with E-state index in [0.29, 0.717) is 0 Å². The number of rotatable bonds is 2. The Labute approximate surface area is 103 Å². The summed E-state index contributed by atoms with van der Waals surface area (Å²) in [6.07, 6.45) is 5.43. The fourth-order valence-electron chi connectivity index (χ4n) is 1.80. The minimum absolute atomic E-state index is 1.05. The highest BCUT2D eigenvalue weighted by Gasteiger charge is 2.10. The summed E-state index contributed by atoms with van der Waals surface area (Å²) in [5.41, 5.74) is 3.30. The Kier molecular flexibility index (Phi) is 2.49. The van der Waals surface area contributed by atoms with Gasteiger partial charge in [-0.1, -0.05) is 0 Å². The number of pyridine rings is 2. The van der Waals surface area contributed by atoms with Crippen LogP contribution in [-0.4, -0.2) is 17.0 Å². The molecular formula is C13H11N3S. The molecule has 0 aliphatic carbocycles. The van der Waals surface area contributed by atoms with Crippen LogP contribution in [0, 0.1) is 0 Å². The van der Waals surface area contributed by atoms with Crippen molar-refractivity contribution in [3.63, 3.8) is 0 Å². The maximum absolute atomic E-state index is 4.44. The smallest absolute Gasteiger partial charge is 0.105 e. The molecule has 3 heterocycles. The van der Waals surface area contributed by atoms with E-state index in [1.807, 2.05) is 31.4 Å². The molecule has 0 bridgehead atoms. The second-order valence-corrected chi connectivity index (χ2v) is 4.65. The van der Waals surface area contributed by atoms with Gasteiger partial charge in [-0.25, -0.2) is 0 Å². The van der Waals surface area contributed by atoms with Gasteiger partial charge >= 0.3 is 0 Å². The first-order valence-corrected chi connectivity index (χ1v) is 6.20. The third-order valence-electron chi connectivity index (χ3n) is 2.72. The zero-order valence-corrected chi connectivity index (χ0v) is 10.2. The predicted molar refractivity (Wildman–Crippen MR) is 71.9 cm³/mol. The molecule has 0 fully saturated rings. The highest BCUT2D eigenvalue weighted by atomic mass is 32.1. The molecule has 3 nitrogen and oxygen atoms in total. The Bertz CT molecular complexity index is 633. The first kappa shape index (κ1) is 10.2. The predicted octanol–water partition coefficient (Wildman–Crippen LogP) is 3.46. The number of thiophene rings is 1. The summed E-state index contributed by atoms with van der Waals surface area (Å²) in [7, 11) is 2.05. The summed E-state index contributed by atoms with van der Waals surface area (Å²) >= 11 is 1.72. The van der Waals surface area contributed by atoms with Crippen LogP contribution in [-0.2, 0) is 0 Å². The quantitative estimate of drug-likeness (QED) is 0.688. The molecule has 0 spiro atoms. The van der Waals surface area contributed by atoms with Crippen molar-refractivity contribution in [1.82, 2.24) is 9.97 Å². The lowest BCUT2D eigenvalue weighted by molar-refractivity contribution is 1.19. The molecule has 0 aromatic carbocycles. The van der Waals surface area contributed by atoms with Crippen LogP contribution in [0.3, 0.4) is 0 Å². The minimum atomic E-state index is 1.05. The first-order valence-electron chi connectivity index (χ1n) is 5.32. The lowest BCUT2D eigenvalue weighted by Crippen LogP contribution is -2.08. The van der Waals surface area contributed by atoms with Gasteiger partial charge in [-0.2, -0.15) is 0 Å². The van der Waals surface area contributed by atoms with E-state index in [2.05, 4.69) is 26.3 Å². The maximum atomic E-state index is 4.44. The monoisotopic (exact) mass is 241 g/mol. The molecule has 0 saturated carbocycles. The molecule has 4 heteroatoms. The van der Waals surface area contributed by atoms with Crippen LogP contribution >= 0.6 is 11.3 Å². The number of fused-ring (bicyclic) bond motifs is 1. The average molecular weight is 241 g/mol. The summed E-state index contributed by atoms with van der Waals surface area (Å²) in [4.78, 5) is 10.6. The number of nitrogens with zero attached hydrogens (tertiary/aromatic N) is 3. The van der Waals surface area contributed by atoms with Gasteiger partial charge in [0.2, 0.25) is 0 Å². The van der Waals surface area contributed by atoms with Crippen LogP contribution in [0.1, 0.15) is 0 Å². The van der Waals surface area contributed by atoms with E-state index in [1.54, 1.807) is 23.7 Å². The van der Waals surface area contributed by atoms with Gasteiger partial charge in [0.1, 0.15) is 5.52 Å². The van der Waals surface area contributed by atoms with Gasteiger partial charge in [0.25, 0.3) is 0 Å². The molecule has 3 aromatic rings. The molecule has 84 valence electrons. The molecule has 17 heavy (non-hydrogen) atoms. The van der Waals surface area contributed by atoms with E-state index >= 15 is 0 Å². The van der Waals surface area contributed by atoms with Gasteiger partial charge in [0.05, 0.1) is 10.4 Å². The molecule has 3 aromatic heterocycles. The highest BCUT2D eigenvalue weighted by Crippen LogP contribution is 2.33. The maximum Gasteiger partial charge on any atom is 0.105 e. The first-order chi connectivity index (χ1) is 8.36. The van der Waals surface area contributed by atoms with Gasteiger partial charge < -0.3 is 4.90 Å². The Hall–Kier alpha value is -1.94. The van der Waals surface area contributed by atoms with E-state index in [9.17, 15) is 0 Å². The van der Waals surface area contributed by atoms with Crippen molar-refractivity contribution in [1.29, 1.82) is 0 Å². The second-order valence-electron chi connectivity index (χ2n) is 3.74. The highest BCUT2D eigenvalue weighted by molar-refractivity contribution is 7.17. The molecule has 0 radical (unpaired) electrons. The van der Waals surface area contributed by atoms with Crippen LogP contribution in [0.15, 0.2) is 48.2 Å². The van der Waals surface area contributed by atoms with E-state index < -0.39 is 0 Å². The minimum Gasteiger partial charge on any atom is -0.342 e. The van der Waals surface area contributed by atoms with Crippen molar-refractivity contribution in [2.45, 2.75) is 0 Å². The number of aromatic nitrogens is 2. The van der Waals surface area contributed by atoms with E-state index in [4.69, 9.17) is 0 Å². The van der Waals surface area contributed by atoms with Crippen molar-refractivity contribution in [3.05, 3.63) is 48.2 Å². The number of anilines is 2. The van der Waals surface area contributed by atoms with Gasteiger partial charge in [0, 0.05) is 36.7 Å². The van der Waals surface area contributed by atoms with Crippen molar-refractivity contribution >= 4 is 32.9 Å². The normalized spacial score (nSPS) is 10.6. The Morgan fingerprint density at radius 2 is 1.94 bits per heavy atom. The van der Waals surface area contributed by atoms with Crippen LogP contribution in [0.4, 0.5) is 11.4 Å². The lowest BCUT2D eigenvalue weighted by Gasteiger charge is -2.17. The molecule has 0 aliphatic heterocycles. The van der Waals surface area contributed by atoms with Gasteiger partial charge in [-0.3, -0.25) is 9.97 Å². The molecular weight excluding hydrogens is 230 g/mol. The SMILES string of the molecule is CN(c1ccncc1)c1csc2cccnc12. The molecule has 0 unspecified atom stereocenters. The third-order valence-corrected chi connectivity index (χ3v) is 3.65. The standard InChI is InChI=1S/C13H11N3S/c1-16(10-4-7-14-8-5-10)11-9-17-12-3-2-6-15-13(11)12/h2-9H,1H3. The van der Waals surface area contributed by atoms with E-state index in [1.165, 1.54) is 4.70 Å². The van der Waals surface area contributed by atoms with Crippen molar-refractivity contribution in [2.24, 2.45) is 0 Å². The van der Waals surface area contributed by atoms with Gasteiger partial charge in [-0.15, -0.1) is 11.3 Å². The van der Waals surface area contributed by atoms with Gasteiger partial charge in [-0.05, 0) is 24.3 Å². The van der Waals surface area contributed by atoms with Crippen LogP contribution in [0.2, 0.25) is 0 Å². The Morgan fingerprint density at radius 1 is 1.12 bits per heavy atom. The molecule has 0 aliphatic rings. The molecule has 0 atom stereocenters. The summed E-state index contributed by atoms with van der Waals surface area (Å²) in [6, 6.07) is 8.05. The Morgan fingerprint density at radius 3 is 2.76 bits per heavy atom. The zero-order valence-electron chi connectivity index (χ0n) is 9.37. The topological polar surface area (TPSA) is 29.0 Å². The van der Waals surface area contributed by atoms with Gasteiger partial charge in [0.15, 0.2) is 0 Å². The molecule has 0 N–H and O–H groups in total. The van der Waals surface area contributed by atoms with Crippen molar-refractivity contribution < 1.29 is 0 Å². The third kappa shape index (κ3) is 1.76. The van der Waals surface area contributed by atoms with Crippen LogP contribution < -0.4 is 4.90 Å². The summed E-state index contributed by atoms with van der Waals surface area (Å²) in [6.45, 7) is 0.